The number of ether oxygens (including phenoxy) is 2. The second-order valence-corrected chi connectivity index (χ2v) is 9.90. The van der Waals surface area contributed by atoms with Gasteiger partial charge in [0, 0.05) is 5.56 Å². The molecule has 1 fully saturated rings. The Balaban J connectivity index is 1.31. The van der Waals surface area contributed by atoms with Gasteiger partial charge in [0.1, 0.15) is 18.1 Å². The number of imide groups is 1. The van der Waals surface area contributed by atoms with Crippen molar-refractivity contribution in [3.8, 4) is 11.5 Å². The molecule has 4 aromatic rings. The molecule has 6 nitrogen and oxygen atoms in total. The van der Waals surface area contributed by atoms with E-state index in [1.54, 1.807) is 36.4 Å². The van der Waals surface area contributed by atoms with E-state index >= 15 is 0 Å². The van der Waals surface area contributed by atoms with Gasteiger partial charge in [0.2, 0.25) is 0 Å². The molecule has 0 saturated carbocycles. The van der Waals surface area contributed by atoms with Crippen molar-refractivity contribution in [2.75, 3.05) is 13.2 Å². The minimum atomic E-state index is -0.501. The fourth-order valence-electron chi connectivity index (χ4n) is 4.19. The maximum Gasteiger partial charge on any atom is 0.344 e. The van der Waals surface area contributed by atoms with E-state index in [4.69, 9.17) is 9.47 Å². The Morgan fingerprint density at radius 2 is 1.66 bits per heavy atom. The van der Waals surface area contributed by atoms with E-state index in [1.165, 1.54) is 4.90 Å². The predicted octanol–water partition coefficient (Wildman–Crippen LogP) is 6.79. The summed E-state index contributed by atoms with van der Waals surface area (Å²) in [4.78, 5) is 40.2. The second-order valence-electron chi connectivity index (χ2n) is 8.90. The number of hydrogen-bond acceptors (Lipinski definition) is 6. The summed E-state index contributed by atoms with van der Waals surface area (Å²) in [5, 5.41) is 1.36. The zero-order valence-corrected chi connectivity index (χ0v) is 21.8. The molecule has 0 atom stereocenters. The summed E-state index contributed by atoms with van der Waals surface area (Å²) in [6.45, 7) is 4.24. The fraction of sp³-hybridized carbons (Fsp3) is 0.129. The van der Waals surface area contributed by atoms with Gasteiger partial charge in [-0.15, -0.1) is 0 Å². The average Bonchev–Trinajstić information content (AvgIpc) is 3.18. The van der Waals surface area contributed by atoms with Crippen molar-refractivity contribution in [2.24, 2.45) is 0 Å². The van der Waals surface area contributed by atoms with Crippen LogP contribution < -0.4 is 9.47 Å². The molecule has 0 aromatic heterocycles. The van der Waals surface area contributed by atoms with Crippen LogP contribution in [0.2, 0.25) is 0 Å². The number of thioether (sulfide) groups is 1. The molecule has 7 heteroatoms. The summed E-state index contributed by atoms with van der Waals surface area (Å²) in [6, 6.07) is 25.9. The molecule has 1 aliphatic rings. The van der Waals surface area contributed by atoms with Crippen molar-refractivity contribution < 1.29 is 23.9 Å². The number of carbonyl (C=O) groups excluding carboxylic acids is 3. The average molecular weight is 524 g/mol. The molecular weight excluding hydrogens is 498 g/mol. The van der Waals surface area contributed by atoms with Crippen molar-refractivity contribution in [1.82, 2.24) is 4.90 Å². The number of rotatable bonds is 7. The lowest BCUT2D eigenvalue weighted by atomic mass is 10.0. The van der Waals surface area contributed by atoms with E-state index < -0.39 is 11.9 Å². The first-order valence-electron chi connectivity index (χ1n) is 12.1. The Morgan fingerprint density at radius 1 is 0.895 bits per heavy atom. The summed E-state index contributed by atoms with van der Waals surface area (Å²) in [6.07, 6.45) is 1.59. The van der Waals surface area contributed by atoms with Crippen LogP contribution in [-0.2, 0) is 4.79 Å². The molecule has 0 spiro atoms. The van der Waals surface area contributed by atoms with Crippen LogP contribution in [0.15, 0.2) is 89.8 Å². The lowest BCUT2D eigenvalue weighted by Crippen LogP contribution is -2.32. The second kappa shape index (κ2) is 10.9. The van der Waals surface area contributed by atoms with Crippen LogP contribution in [0, 0.1) is 13.8 Å². The molecule has 2 amide bonds. The number of nitrogens with zero attached hydrogens (tertiary/aromatic N) is 1. The molecule has 0 unspecified atom stereocenters. The number of fused-ring (bicyclic) bond motifs is 1. The smallest absolute Gasteiger partial charge is 0.344 e. The highest BCUT2D eigenvalue weighted by Crippen LogP contribution is 2.34. The van der Waals surface area contributed by atoms with Gasteiger partial charge < -0.3 is 9.47 Å². The van der Waals surface area contributed by atoms with E-state index in [0.29, 0.717) is 16.9 Å². The standard InChI is InChI=1S/C31H25NO5S/c1-20-14-15-21(2)27(18-20)36-17-16-32-29(33)28(38-31(32)35)19-23-9-4-6-13-26(23)37-30(34)25-12-7-10-22-8-3-5-11-24(22)25/h3-15,18-19H,16-17H2,1-2H3/b28-19-. The first-order chi connectivity index (χ1) is 18.4. The Bertz CT molecular complexity index is 1590. The highest BCUT2D eigenvalue weighted by molar-refractivity contribution is 8.18. The quantitative estimate of drug-likeness (QED) is 0.151. The zero-order chi connectivity index (χ0) is 26.6. The number of esters is 1. The SMILES string of the molecule is Cc1ccc(C)c(OCCN2C(=O)S/C(=C\c3ccccc3OC(=O)c3cccc4ccccc34)C2=O)c1. The molecule has 0 aliphatic carbocycles. The summed E-state index contributed by atoms with van der Waals surface area (Å²) in [5.41, 5.74) is 3.03. The normalized spacial score (nSPS) is 14.4. The van der Waals surface area contributed by atoms with Gasteiger partial charge in [0.25, 0.3) is 11.1 Å². The molecule has 0 N–H and O–H groups in total. The van der Waals surface area contributed by atoms with Crippen molar-refractivity contribution in [3.05, 3.63) is 112 Å². The molecule has 5 rings (SSSR count). The van der Waals surface area contributed by atoms with Crippen molar-refractivity contribution >= 4 is 45.7 Å². The lowest BCUT2D eigenvalue weighted by Gasteiger charge is -2.14. The van der Waals surface area contributed by atoms with E-state index in [2.05, 4.69) is 0 Å². The van der Waals surface area contributed by atoms with Crippen molar-refractivity contribution in [1.29, 1.82) is 0 Å². The van der Waals surface area contributed by atoms with Gasteiger partial charge in [-0.3, -0.25) is 14.5 Å². The first-order valence-corrected chi connectivity index (χ1v) is 13.0. The van der Waals surface area contributed by atoms with E-state index in [0.717, 1.165) is 39.4 Å². The molecule has 0 radical (unpaired) electrons. The highest BCUT2D eigenvalue weighted by atomic mass is 32.2. The minimum Gasteiger partial charge on any atom is -0.491 e. The number of para-hydroxylation sites is 1. The Labute approximate surface area is 224 Å². The van der Waals surface area contributed by atoms with E-state index in [1.807, 2.05) is 68.4 Å². The third-order valence-corrected chi connectivity index (χ3v) is 7.11. The number of amides is 2. The van der Waals surface area contributed by atoms with Crippen LogP contribution in [0.1, 0.15) is 27.0 Å². The molecule has 38 heavy (non-hydrogen) atoms. The van der Waals surface area contributed by atoms with Crippen LogP contribution in [0.3, 0.4) is 0 Å². The van der Waals surface area contributed by atoms with Crippen LogP contribution in [-0.4, -0.2) is 35.2 Å². The van der Waals surface area contributed by atoms with E-state index in [-0.39, 0.29) is 23.3 Å². The van der Waals surface area contributed by atoms with Gasteiger partial charge in [-0.1, -0.05) is 66.7 Å². The molecule has 4 aromatic carbocycles. The minimum absolute atomic E-state index is 0.132. The van der Waals surface area contributed by atoms with Crippen LogP contribution in [0.25, 0.3) is 16.8 Å². The summed E-state index contributed by atoms with van der Waals surface area (Å²) in [7, 11) is 0. The third-order valence-electron chi connectivity index (χ3n) is 6.21. The van der Waals surface area contributed by atoms with Gasteiger partial charge in [-0.05, 0) is 71.8 Å². The largest absolute Gasteiger partial charge is 0.491 e. The molecule has 0 bridgehead atoms. The maximum atomic E-state index is 13.1. The molecule has 190 valence electrons. The van der Waals surface area contributed by atoms with Gasteiger partial charge in [0.05, 0.1) is 17.0 Å². The summed E-state index contributed by atoms with van der Waals surface area (Å²) >= 11 is 0.857. The molecule has 1 aliphatic heterocycles. The van der Waals surface area contributed by atoms with Gasteiger partial charge >= 0.3 is 5.97 Å². The first kappa shape index (κ1) is 25.3. The third kappa shape index (κ3) is 5.33. The Kier molecular flexibility index (Phi) is 7.29. The number of benzene rings is 4. The highest BCUT2D eigenvalue weighted by Gasteiger charge is 2.35. The maximum absolute atomic E-state index is 13.1. The van der Waals surface area contributed by atoms with Gasteiger partial charge in [-0.25, -0.2) is 4.79 Å². The van der Waals surface area contributed by atoms with Crippen molar-refractivity contribution in [2.45, 2.75) is 13.8 Å². The Hall–Kier alpha value is -4.36. The fourth-order valence-corrected chi connectivity index (χ4v) is 5.05. The van der Waals surface area contributed by atoms with Crippen LogP contribution in [0.5, 0.6) is 11.5 Å². The summed E-state index contributed by atoms with van der Waals surface area (Å²) in [5.74, 6) is 0.129. The molecular formula is C31H25NO5S. The predicted molar refractivity (Wildman–Crippen MR) is 149 cm³/mol. The zero-order valence-electron chi connectivity index (χ0n) is 21.0. The summed E-state index contributed by atoms with van der Waals surface area (Å²) < 4.78 is 11.6. The number of aryl methyl sites for hydroxylation is 2. The monoisotopic (exact) mass is 523 g/mol. The van der Waals surface area contributed by atoms with Crippen molar-refractivity contribution in [3.63, 3.8) is 0 Å². The molecule has 1 saturated heterocycles. The lowest BCUT2D eigenvalue weighted by molar-refractivity contribution is -0.123. The van der Waals surface area contributed by atoms with Crippen LogP contribution in [0.4, 0.5) is 4.79 Å². The van der Waals surface area contributed by atoms with Crippen LogP contribution >= 0.6 is 11.8 Å². The van der Waals surface area contributed by atoms with E-state index in [9.17, 15) is 14.4 Å². The Morgan fingerprint density at radius 3 is 2.53 bits per heavy atom. The topological polar surface area (TPSA) is 72.9 Å². The number of carbonyl (C=O) groups is 3. The van der Waals surface area contributed by atoms with Gasteiger partial charge in [-0.2, -0.15) is 0 Å². The van der Waals surface area contributed by atoms with Gasteiger partial charge in [0.15, 0.2) is 0 Å². The number of hydrogen-bond donors (Lipinski definition) is 0. The molecule has 1 heterocycles.